The zero-order valence-electron chi connectivity index (χ0n) is 17.1. The Morgan fingerprint density at radius 1 is 1.33 bits per heavy atom. The van der Waals surface area contributed by atoms with Gasteiger partial charge in [0.25, 0.3) is 5.91 Å². The minimum Gasteiger partial charge on any atom is -0.368 e. The lowest BCUT2D eigenvalue weighted by molar-refractivity contribution is -0.132. The van der Waals surface area contributed by atoms with Crippen LogP contribution in [-0.2, 0) is 16.1 Å². The maximum atomic E-state index is 13.1. The Kier molecular flexibility index (Phi) is 6.10. The third kappa shape index (κ3) is 4.68. The molecule has 1 unspecified atom stereocenters. The standard InChI is InChI=1S/C21H25N5O3S/c1-15(2)9-25-10-17(29-14-16-5-3-4-6-22-16)11-26(13-19(25)27)20(28)18-12-24-7-8-30-21(24)23-18/h3-8,12,15,17H,9-11,13-14H2,1-2H3. The van der Waals surface area contributed by atoms with Gasteiger partial charge in [0.1, 0.15) is 12.2 Å². The molecule has 0 N–H and O–H groups in total. The molecule has 8 nitrogen and oxygen atoms in total. The Labute approximate surface area is 179 Å². The lowest BCUT2D eigenvalue weighted by Gasteiger charge is -2.25. The average Bonchev–Trinajstić information content (AvgIpc) is 3.29. The van der Waals surface area contributed by atoms with Crippen LogP contribution in [-0.4, -0.2) is 68.3 Å². The number of pyridine rings is 1. The van der Waals surface area contributed by atoms with Crippen molar-refractivity contribution in [2.75, 3.05) is 26.2 Å². The molecule has 1 aliphatic heterocycles. The zero-order valence-corrected chi connectivity index (χ0v) is 17.9. The van der Waals surface area contributed by atoms with E-state index in [4.69, 9.17) is 4.74 Å². The summed E-state index contributed by atoms with van der Waals surface area (Å²) in [5.41, 5.74) is 1.16. The second-order valence-corrected chi connectivity index (χ2v) is 8.72. The van der Waals surface area contributed by atoms with E-state index in [9.17, 15) is 9.59 Å². The van der Waals surface area contributed by atoms with Gasteiger partial charge < -0.3 is 14.5 Å². The van der Waals surface area contributed by atoms with Gasteiger partial charge in [-0.3, -0.25) is 19.0 Å². The second-order valence-electron chi connectivity index (χ2n) is 7.85. The first kappa shape index (κ1) is 20.5. The van der Waals surface area contributed by atoms with Gasteiger partial charge >= 0.3 is 0 Å². The van der Waals surface area contributed by atoms with E-state index < -0.39 is 0 Å². The summed E-state index contributed by atoms with van der Waals surface area (Å²) in [6, 6.07) is 5.66. The largest absolute Gasteiger partial charge is 0.368 e. The van der Waals surface area contributed by atoms with Crippen molar-refractivity contribution in [1.82, 2.24) is 24.2 Å². The first-order valence-corrected chi connectivity index (χ1v) is 10.9. The third-order valence-corrected chi connectivity index (χ3v) is 5.68. The minimum absolute atomic E-state index is 0.0280. The molecule has 1 atom stereocenters. The number of ether oxygens (including phenoxy) is 1. The summed E-state index contributed by atoms with van der Waals surface area (Å²) in [5, 5.41) is 1.91. The van der Waals surface area contributed by atoms with Crippen LogP contribution in [0.1, 0.15) is 30.0 Å². The highest BCUT2D eigenvalue weighted by atomic mass is 32.1. The van der Waals surface area contributed by atoms with Crippen LogP contribution in [0.3, 0.4) is 0 Å². The molecule has 0 radical (unpaired) electrons. The summed E-state index contributed by atoms with van der Waals surface area (Å²) in [6.45, 7) is 5.91. The highest BCUT2D eigenvalue weighted by molar-refractivity contribution is 7.15. The fraction of sp³-hybridized carbons (Fsp3) is 0.429. The molecule has 3 aromatic heterocycles. The second kappa shape index (κ2) is 8.93. The van der Waals surface area contributed by atoms with E-state index in [0.717, 1.165) is 10.7 Å². The maximum Gasteiger partial charge on any atom is 0.274 e. The number of aromatic nitrogens is 3. The van der Waals surface area contributed by atoms with Crippen molar-refractivity contribution in [3.63, 3.8) is 0 Å². The van der Waals surface area contributed by atoms with E-state index in [0.29, 0.717) is 37.9 Å². The van der Waals surface area contributed by atoms with Gasteiger partial charge in [0.05, 0.1) is 18.4 Å². The lowest BCUT2D eigenvalue weighted by Crippen LogP contribution is -2.40. The van der Waals surface area contributed by atoms with E-state index in [1.54, 1.807) is 22.2 Å². The number of fused-ring (bicyclic) bond motifs is 1. The lowest BCUT2D eigenvalue weighted by atomic mass is 10.2. The highest BCUT2D eigenvalue weighted by Gasteiger charge is 2.32. The molecule has 0 saturated carbocycles. The number of hydrogen-bond acceptors (Lipinski definition) is 6. The van der Waals surface area contributed by atoms with Crippen LogP contribution >= 0.6 is 11.3 Å². The number of amides is 2. The normalized spacial score (nSPS) is 17.7. The van der Waals surface area contributed by atoms with Crippen molar-refractivity contribution in [2.45, 2.75) is 26.6 Å². The number of thiazole rings is 1. The van der Waals surface area contributed by atoms with Gasteiger partial charge in [-0.05, 0) is 18.1 Å². The molecular formula is C21H25N5O3S. The molecule has 2 amide bonds. The number of hydrogen-bond donors (Lipinski definition) is 0. The van der Waals surface area contributed by atoms with Crippen LogP contribution in [0, 0.1) is 5.92 Å². The molecule has 30 heavy (non-hydrogen) atoms. The number of nitrogens with zero attached hydrogens (tertiary/aromatic N) is 5. The minimum atomic E-state index is -0.301. The van der Waals surface area contributed by atoms with Crippen LogP contribution in [0.5, 0.6) is 0 Å². The maximum absolute atomic E-state index is 13.1. The molecule has 0 bridgehead atoms. The van der Waals surface area contributed by atoms with E-state index >= 15 is 0 Å². The van der Waals surface area contributed by atoms with Crippen LogP contribution in [0.2, 0.25) is 0 Å². The predicted octanol–water partition coefficient (Wildman–Crippen LogP) is 2.32. The molecular weight excluding hydrogens is 402 g/mol. The third-order valence-electron chi connectivity index (χ3n) is 4.91. The summed E-state index contributed by atoms with van der Waals surface area (Å²) in [4.78, 5) is 38.8. The summed E-state index contributed by atoms with van der Waals surface area (Å²) in [7, 11) is 0. The topological polar surface area (TPSA) is 80.0 Å². The molecule has 1 fully saturated rings. The van der Waals surface area contributed by atoms with E-state index in [2.05, 4.69) is 23.8 Å². The molecule has 4 heterocycles. The Hall–Kier alpha value is -2.78. The number of carbonyl (C=O) groups excluding carboxylic acids is 2. The molecule has 4 rings (SSSR count). The summed E-state index contributed by atoms with van der Waals surface area (Å²) < 4.78 is 7.91. The fourth-order valence-corrected chi connectivity index (χ4v) is 4.24. The summed E-state index contributed by atoms with van der Waals surface area (Å²) in [5.74, 6) is 0.00617. The fourth-order valence-electron chi connectivity index (χ4n) is 3.54. The van der Waals surface area contributed by atoms with Gasteiger partial charge in [-0.15, -0.1) is 11.3 Å². The number of carbonyl (C=O) groups is 2. The predicted molar refractivity (Wildman–Crippen MR) is 113 cm³/mol. The Bertz CT molecular complexity index is 988. The quantitative estimate of drug-likeness (QED) is 0.603. The Balaban J connectivity index is 1.52. The molecule has 0 spiro atoms. The van der Waals surface area contributed by atoms with Gasteiger partial charge in [0.2, 0.25) is 5.91 Å². The number of rotatable bonds is 6. The van der Waals surface area contributed by atoms with Gasteiger partial charge in [-0.1, -0.05) is 19.9 Å². The zero-order chi connectivity index (χ0) is 21.1. The first-order valence-electron chi connectivity index (χ1n) is 10.0. The molecule has 0 aliphatic carbocycles. The van der Waals surface area contributed by atoms with Crippen molar-refractivity contribution < 1.29 is 14.3 Å². The van der Waals surface area contributed by atoms with Gasteiger partial charge in [-0.2, -0.15) is 0 Å². The average molecular weight is 428 g/mol. The van der Waals surface area contributed by atoms with Gasteiger partial charge in [0.15, 0.2) is 4.96 Å². The van der Waals surface area contributed by atoms with Crippen LogP contribution in [0.4, 0.5) is 0 Å². The van der Waals surface area contributed by atoms with E-state index in [1.165, 1.54) is 11.3 Å². The van der Waals surface area contributed by atoms with Crippen molar-refractivity contribution in [3.05, 3.63) is 53.6 Å². The van der Waals surface area contributed by atoms with Crippen LogP contribution in [0.15, 0.2) is 42.2 Å². The molecule has 1 saturated heterocycles. The highest BCUT2D eigenvalue weighted by Crippen LogP contribution is 2.17. The van der Waals surface area contributed by atoms with Crippen molar-refractivity contribution in [2.24, 2.45) is 5.92 Å². The Morgan fingerprint density at radius 2 is 2.20 bits per heavy atom. The smallest absolute Gasteiger partial charge is 0.274 e. The monoisotopic (exact) mass is 427 g/mol. The van der Waals surface area contributed by atoms with Crippen molar-refractivity contribution in [3.8, 4) is 0 Å². The molecule has 9 heteroatoms. The number of imidazole rings is 1. The summed E-state index contributed by atoms with van der Waals surface area (Å²) >= 11 is 1.46. The van der Waals surface area contributed by atoms with Crippen molar-refractivity contribution in [1.29, 1.82) is 0 Å². The van der Waals surface area contributed by atoms with E-state index in [-0.39, 0.29) is 24.5 Å². The molecule has 158 valence electrons. The molecule has 1 aliphatic rings. The molecule has 3 aromatic rings. The van der Waals surface area contributed by atoms with Crippen molar-refractivity contribution >= 4 is 28.1 Å². The van der Waals surface area contributed by atoms with Crippen LogP contribution in [0.25, 0.3) is 4.96 Å². The molecule has 0 aromatic carbocycles. The Morgan fingerprint density at radius 3 is 2.93 bits per heavy atom. The first-order chi connectivity index (χ1) is 14.5. The SMILES string of the molecule is CC(C)CN1CC(OCc2ccccn2)CN(C(=O)c2cn3ccsc3n2)CC1=O. The van der Waals surface area contributed by atoms with E-state index in [1.807, 2.05) is 34.2 Å². The van der Waals surface area contributed by atoms with Crippen LogP contribution < -0.4 is 0 Å². The van der Waals surface area contributed by atoms with Gasteiger partial charge in [-0.25, -0.2) is 4.98 Å². The summed E-state index contributed by atoms with van der Waals surface area (Å²) in [6.07, 6.45) is 4.99. The van der Waals surface area contributed by atoms with Gasteiger partial charge in [0, 0.05) is 43.6 Å².